The average Bonchev–Trinajstić information content (AvgIpc) is 2.65. The van der Waals surface area contributed by atoms with Crippen molar-refractivity contribution in [3.63, 3.8) is 0 Å². The number of aryl methyl sites for hydroxylation is 1. The highest BCUT2D eigenvalue weighted by atomic mass is 35.5. The van der Waals surface area contributed by atoms with Crippen LogP contribution >= 0.6 is 34.8 Å². The number of nitrogens with zero attached hydrogens (tertiary/aromatic N) is 1. The molecule has 0 radical (unpaired) electrons. The third-order valence-electron chi connectivity index (χ3n) is 3.85. The van der Waals surface area contributed by atoms with Gasteiger partial charge in [0.15, 0.2) is 0 Å². The van der Waals surface area contributed by atoms with Crippen LogP contribution in [0, 0.1) is 6.92 Å². The lowest BCUT2D eigenvalue weighted by atomic mass is 10.1. The maximum Gasteiger partial charge on any atom is 0.257 e. The number of rotatable bonds is 5. The van der Waals surface area contributed by atoms with E-state index in [9.17, 15) is 4.79 Å². The molecule has 2 aromatic carbocycles. The van der Waals surface area contributed by atoms with Gasteiger partial charge >= 0.3 is 0 Å². The van der Waals surface area contributed by atoms with Gasteiger partial charge in [0.05, 0.1) is 27.0 Å². The zero-order valence-electron chi connectivity index (χ0n) is 14.3. The van der Waals surface area contributed by atoms with Crippen molar-refractivity contribution < 1.29 is 9.53 Å². The van der Waals surface area contributed by atoms with Gasteiger partial charge in [-0.1, -0.05) is 46.9 Å². The Morgan fingerprint density at radius 1 is 1.07 bits per heavy atom. The van der Waals surface area contributed by atoms with Crippen molar-refractivity contribution in [3.8, 4) is 5.75 Å². The largest absolute Gasteiger partial charge is 0.486 e. The molecule has 27 heavy (non-hydrogen) atoms. The van der Waals surface area contributed by atoms with Gasteiger partial charge in [-0.3, -0.25) is 9.78 Å². The predicted molar refractivity (Wildman–Crippen MR) is 109 cm³/mol. The molecule has 0 aliphatic carbocycles. The third kappa shape index (κ3) is 4.72. The number of hydrogen-bond donors (Lipinski definition) is 1. The summed E-state index contributed by atoms with van der Waals surface area (Å²) in [4.78, 5) is 17.0. The van der Waals surface area contributed by atoms with Crippen molar-refractivity contribution in [2.75, 3.05) is 5.32 Å². The molecule has 0 aliphatic heterocycles. The molecule has 0 aliphatic rings. The van der Waals surface area contributed by atoms with E-state index in [0.717, 1.165) is 5.56 Å². The van der Waals surface area contributed by atoms with E-state index >= 15 is 0 Å². The molecule has 4 nitrogen and oxygen atoms in total. The van der Waals surface area contributed by atoms with Crippen molar-refractivity contribution in [3.05, 3.63) is 86.6 Å². The summed E-state index contributed by atoms with van der Waals surface area (Å²) in [7, 11) is 0. The van der Waals surface area contributed by atoms with Gasteiger partial charge in [-0.15, -0.1) is 0 Å². The fourth-order valence-electron chi connectivity index (χ4n) is 2.46. The van der Waals surface area contributed by atoms with E-state index in [-0.39, 0.29) is 12.5 Å². The van der Waals surface area contributed by atoms with E-state index in [1.54, 1.807) is 42.6 Å². The van der Waals surface area contributed by atoms with Crippen LogP contribution in [0.3, 0.4) is 0 Å². The Morgan fingerprint density at radius 3 is 2.67 bits per heavy atom. The zero-order chi connectivity index (χ0) is 19.4. The summed E-state index contributed by atoms with van der Waals surface area (Å²) in [5, 5.41) is 4.24. The summed E-state index contributed by atoms with van der Waals surface area (Å²) in [6.07, 6.45) is 1.59. The van der Waals surface area contributed by atoms with Crippen molar-refractivity contribution in [1.82, 2.24) is 4.98 Å². The molecule has 0 spiro atoms. The van der Waals surface area contributed by atoms with Gasteiger partial charge in [-0.25, -0.2) is 0 Å². The Labute approximate surface area is 172 Å². The minimum atomic E-state index is -0.324. The molecule has 1 aromatic heterocycles. The summed E-state index contributed by atoms with van der Waals surface area (Å²) >= 11 is 18.3. The molecule has 1 N–H and O–H groups in total. The topological polar surface area (TPSA) is 51.2 Å². The van der Waals surface area contributed by atoms with Crippen molar-refractivity contribution in [2.45, 2.75) is 13.5 Å². The van der Waals surface area contributed by atoms with E-state index < -0.39 is 0 Å². The fourth-order valence-corrected chi connectivity index (χ4v) is 3.07. The predicted octanol–water partition coefficient (Wildman–Crippen LogP) is 6.18. The molecule has 138 valence electrons. The summed E-state index contributed by atoms with van der Waals surface area (Å²) in [5.74, 6) is 0.0956. The molecule has 0 atom stereocenters. The van der Waals surface area contributed by atoms with Crippen LogP contribution in [0.5, 0.6) is 5.75 Å². The number of anilines is 1. The number of aromatic nitrogens is 1. The first-order valence-corrected chi connectivity index (χ1v) is 9.17. The molecule has 3 aromatic rings. The highest BCUT2D eigenvalue weighted by Gasteiger charge is 2.16. The number of carbonyl (C=O) groups is 1. The van der Waals surface area contributed by atoms with Gasteiger partial charge in [0.2, 0.25) is 0 Å². The highest BCUT2D eigenvalue weighted by Crippen LogP contribution is 2.29. The molecule has 0 unspecified atom stereocenters. The van der Waals surface area contributed by atoms with Gasteiger partial charge in [0.25, 0.3) is 5.91 Å². The smallest absolute Gasteiger partial charge is 0.257 e. The lowest BCUT2D eigenvalue weighted by Gasteiger charge is -2.13. The molecular weight excluding hydrogens is 407 g/mol. The molecule has 1 amide bonds. The van der Waals surface area contributed by atoms with E-state index in [0.29, 0.717) is 37.8 Å². The Morgan fingerprint density at radius 2 is 1.89 bits per heavy atom. The first kappa shape index (κ1) is 19.5. The normalized spacial score (nSPS) is 10.5. The van der Waals surface area contributed by atoms with Crippen LogP contribution in [0.25, 0.3) is 0 Å². The Kier molecular flexibility index (Phi) is 6.22. The standard InChI is InChI=1S/C20H15Cl3N2O2/c1-12-4-2-6-16(23)19(12)25-20(26)14-5-3-9-24-17(14)11-27-18-10-13(21)7-8-15(18)22/h2-10H,11H2,1H3,(H,25,26). The average molecular weight is 422 g/mol. The first-order valence-electron chi connectivity index (χ1n) is 8.04. The molecular formula is C20H15Cl3N2O2. The van der Waals surface area contributed by atoms with Crippen molar-refractivity contribution >= 4 is 46.4 Å². The van der Waals surface area contributed by atoms with Gasteiger partial charge in [-0.2, -0.15) is 0 Å². The number of pyridine rings is 1. The number of amides is 1. The minimum absolute atomic E-state index is 0.0607. The monoisotopic (exact) mass is 420 g/mol. The lowest BCUT2D eigenvalue weighted by Crippen LogP contribution is -2.17. The van der Waals surface area contributed by atoms with Crippen LogP contribution in [0.2, 0.25) is 15.1 Å². The molecule has 0 fully saturated rings. The third-order valence-corrected chi connectivity index (χ3v) is 4.72. The number of nitrogens with one attached hydrogen (secondary N) is 1. The van der Waals surface area contributed by atoms with Crippen LogP contribution < -0.4 is 10.1 Å². The molecule has 0 saturated heterocycles. The summed E-state index contributed by atoms with van der Waals surface area (Å²) in [6.45, 7) is 1.93. The van der Waals surface area contributed by atoms with E-state index in [1.807, 2.05) is 19.1 Å². The van der Waals surface area contributed by atoms with Crippen molar-refractivity contribution in [1.29, 1.82) is 0 Å². The Balaban J connectivity index is 1.81. The number of hydrogen-bond acceptors (Lipinski definition) is 3. The van der Waals surface area contributed by atoms with E-state index in [2.05, 4.69) is 10.3 Å². The van der Waals surface area contributed by atoms with Crippen LogP contribution in [0.15, 0.2) is 54.7 Å². The summed E-state index contributed by atoms with van der Waals surface area (Å²) < 4.78 is 5.71. The molecule has 1 heterocycles. The lowest BCUT2D eigenvalue weighted by molar-refractivity contribution is 0.102. The second-order valence-electron chi connectivity index (χ2n) is 5.75. The number of ether oxygens (including phenoxy) is 1. The molecule has 0 saturated carbocycles. The summed E-state index contributed by atoms with van der Waals surface area (Å²) in [5.41, 5.74) is 2.28. The van der Waals surface area contributed by atoms with Crippen LogP contribution in [0.1, 0.15) is 21.6 Å². The highest BCUT2D eigenvalue weighted by molar-refractivity contribution is 6.34. The quantitative estimate of drug-likeness (QED) is 0.535. The Bertz CT molecular complexity index is 972. The van der Waals surface area contributed by atoms with Gasteiger partial charge in [0.1, 0.15) is 12.4 Å². The maximum absolute atomic E-state index is 12.8. The second-order valence-corrected chi connectivity index (χ2v) is 7.00. The molecule has 7 heteroatoms. The number of halogens is 3. The van der Waals surface area contributed by atoms with Crippen LogP contribution in [0.4, 0.5) is 5.69 Å². The van der Waals surface area contributed by atoms with Gasteiger partial charge in [0, 0.05) is 17.3 Å². The van der Waals surface area contributed by atoms with Crippen LogP contribution in [-0.4, -0.2) is 10.9 Å². The van der Waals surface area contributed by atoms with E-state index in [4.69, 9.17) is 39.5 Å². The number of benzene rings is 2. The SMILES string of the molecule is Cc1cccc(Cl)c1NC(=O)c1cccnc1COc1cc(Cl)ccc1Cl. The van der Waals surface area contributed by atoms with E-state index in [1.165, 1.54) is 0 Å². The van der Waals surface area contributed by atoms with Crippen molar-refractivity contribution in [2.24, 2.45) is 0 Å². The number of para-hydroxylation sites is 1. The molecule has 3 rings (SSSR count). The fraction of sp³-hybridized carbons (Fsp3) is 0.100. The van der Waals surface area contributed by atoms with Gasteiger partial charge in [-0.05, 0) is 42.8 Å². The summed E-state index contributed by atoms with van der Waals surface area (Å²) in [6, 6.07) is 13.7. The number of carbonyl (C=O) groups excluding carboxylic acids is 1. The maximum atomic E-state index is 12.8. The first-order chi connectivity index (χ1) is 13.0. The molecule has 0 bridgehead atoms. The Hall–Kier alpha value is -2.27. The van der Waals surface area contributed by atoms with Crippen LogP contribution in [-0.2, 0) is 6.61 Å². The minimum Gasteiger partial charge on any atom is -0.486 e. The van der Waals surface area contributed by atoms with Gasteiger partial charge < -0.3 is 10.1 Å². The zero-order valence-corrected chi connectivity index (χ0v) is 16.6. The second kappa shape index (κ2) is 8.61.